The van der Waals surface area contributed by atoms with Gasteiger partial charge in [-0.25, -0.2) is 15.0 Å². The van der Waals surface area contributed by atoms with Crippen LogP contribution in [0.3, 0.4) is 0 Å². The molecule has 1 heterocycles. The summed E-state index contributed by atoms with van der Waals surface area (Å²) in [6.45, 7) is 2.49. The van der Waals surface area contributed by atoms with Crippen LogP contribution in [0.15, 0.2) is 164 Å². The molecule has 274 valence electrons. The summed E-state index contributed by atoms with van der Waals surface area (Å²) in [4.78, 5) is 15.4. The van der Waals surface area contributed by atoms with Crippen LogP contribution in [-0.2, 0) is 5.41 Å². The minimum atomic E-state index is 0.255. The predicted octanol–water partition coefficient (Wildman–Crippen LogP) is 13.4. The van der Waals surface area contributed by atoms with E-state index in [1.807, 2.05) is 42.5 Å². The molecule has 0 amide bonds. The van der Waals surface area contributed by atoms with Gasteiger partial charge in [0.15, 0.2) is 17.5 Å². The Morgan fingerprint density at radius 3 is 1.53 bits per heavy atom. The lowest BCUT2D eigenvalue weighted by Crippen LogP contribution is -2.30. The normalized spacial score (nSPS) is 18.7. The van der Waals surface area contributed by atoms with Gasteiger partial charge in [0, 0.05) is 16.7 Å². The van der Waals surface area contributed by atoms with Crippen LogP contribution < -0.4 is 0 Å². The predicted molar refractivity (Wildman–Crippen MR) is 232 cm³/mol. The number of rotatable bonds is 7. The molecule has 0 saturated heterocycles. The summed E-state index contributed by atoms with van der Waals surface area (Å²) >= 11 is 0. The summed E-state index contributed by atoms with van der Waals surface area (Å²) in [6, 6.07) is 59.7. The first-order valence-electron chi connectivity index (χ1n) is 20.1. The lowest BCUT2D eigenvalue weighted by molar-refractivity contribution is 0.232. The van der Waals surface area contributed by atoms with Gasteiger partial charge in [-0.2, -0.15) is 5.26 Å². The van der Waals surface area contributed by atoms with Crippen molar-refractivity contribution in [3.05, 3.63) is 175 Å². The van der Waals surface area contributed by atoms with Crippen molar-refractivity contribution in [2.75, 3.05) is 0 Å². The Kier molecular flexibility index (Phi) is 8.80. The van der Waals surface area contributed by atoms with Gasteiger partial charge in [-0.05, 0) is 129 Å². The Labute approximate surface area is 334 Å². The van der Waals surface area contributed by atoms with Crippen molar-refractivity contribution < 1.29 is 0 Å². The van der Waals surface area contributed by atoms with Crippen LogP contribution in [-0.4, -0.2) is 15.0 Å². The molecule has 4 heteroatoms. The first-order valence-corrected chi connectivity index (χ1v) is 20.1. The zero-order valence-corrected chi connectivity index (χ0v) is 32.1. The smallest absolute Gasteiger partial charge is 0.164 e. The molecule has 0 radical (unpaired) electrons. The molecule has 2 aliphatic rings. The zero-order chi connectivity index (χ0) is 38.3. The van der Waals surface area contributed by atoms with Crippen molar-refractivity contribution >= 4 is 10.8 Å². The van der Waals surface area contributed by atoms with E-state index in [2.05, 4.69) is 134 Å². The van der Waals surface area contributed by atoms with E-state index in [-0.39, 0.29) is 5.41 Å². The van der Waals surface area contributed by atoms with E-state index in [9.17, 15) is 5.26 Å². The number of fused-ring (bicyclic) bond motifs is 3. The number of nitrogens with zero attached hydrogens (tertiary/aromatic N) is 4. The highest BCUT2D eigenvalue weighted by molar-refractivity contribution is 5.90. The van der Waals surface area contributed by atoms with E-state index >= 15 is 0 Å². The summed E-state index contributed by atoms with van der Waals surface area (Å²) in [5.41, 5.74) is 12.0. The molecule has 2 saturated carbocycles. The molecule has 8 aromatic rings. The van der Waals surface area contributed by atoms with Gasteiger partial charge in [-0.3, -0.25) is 0 Å². The average Bonchev–Trinajstić information content (AvgIpc) is 3.64. The van der Waals surface area contributed by atoms with Gasteiger partial charge in [0.1, 0.15) is 0 Å². The molecule has 10 rings (SSSR count). The molecule has 0 spiro atoms. The summed E-state index contributed by atoms with van der Waals surface area (Å²) in [5, 5.41) is 11.5. The van der Waals surface area contributed by atoms with E-state index in [1.54, 1.807) is 0 Å². The summed E-state index contributed by atoms with van der Waals surface area (Å²) in [6.07, 6.45) is 6.84. The number of benzene rings is 7. The van der Waals surface area contributed by atoms with E-state index in [1.165, 1.54) is 43.2 Å². The van der Waals surface area contributed by atoms with Crippen LogP contribution in [0, 0.1) is 23.2 Å². The first-order chi connectivity index (χ1) is 28.0. The van der Waals surface area contributed by atoms with Crippen LogP contribution >= 0.6 is 0 Å². The second-order valence-corrected chi connectivity index (χ2v) is 16.4. The molecule has 2 bridgehead atoms. The number of hydrogen-bond acceptors (Lipinski definition) is 4. The SMILES string of the molecule is CC1(c2ccc(-c3cc(-c4ccccc4)cc(-c4nc(-c5ccccc5)nc(-c5ccc6cc(-c7ccc(C#N)cc7)ccc6c5)n4)c3)cc2)CC2CC[C@H](C2)C1. The molecule has 3 atom stereocenters. The summed E-state index contributed by atoms with van der Waals surface area (Å²) < 4.78 is 0. The summed E-state index contributed by atoms with van der Waals surface area (Å²) in [5.74, 6) is 3.66. The van der Waals surface area contributed by atoms with Crippen LogP contribution in [0.5, 0.6) is 0 Å². The molecule has 2 fully saturated rings. The highest BCUT2D eigenvalue weighted by atomic mass is 15.0. The Morgan fingerprint density at radius 2 is 0.912 bits per heavy atom. The lowest BCUT2D eigenvalue weighted by Gasteiger charge is -2.38. The maximum atomic E-state index is 9.25. The van der Waals surface area contributed by atoms with Crippen molar-refractivity contribution in [2.45, 2.75) is 44.4 Å². The number of nitriles is 1. The molecule has 57 heavy (non-hydrogen) atoms. The second-order valence-electron chi connectivity index (χ2n) is 16.4. The molecule has 7 aromatic carbocycles. The fraction of sp³-hybridized carbons (Fsp3) is 0.170. The molecule has 0 N–H and O–H groups in total. The Morgan fingerprint density at radius 1 is 0.456 bits per heavy atom. The summed E-state index contributed by atoms with van der Waals surface area (Å²) in [7, 11) is 0. The maximum absolute atomic E-state index is 9.25. The molecule has 2 unspecified atom stereocenters. The van der Waals surface area contributed by atoms with Crippen molar-refractivity contribution in [3.63, 3.8) is 0 Å². The quantitative estimate of drug-likeness (QED) is 0.164. The van der Waals surface area contributed by atoms with Gasteiger partial charge >= 0.3 is 0 Å². The minimum absolute atomic E-state index is 0.255. The third kappa shape index (κ3) is 6.91. The van der Waals surface area contributed by atoms with Crippen LogP contribution in [0.2, 0.25) is 0 Å². The Balaban J connectivity index is 1.06. The molecule has 0 aliphatic heterocycles. The fourth-order valence-electron chi connectivity index (χ4n) is 9.58. The number of hydrogen-bond donors (Lipinski definition) is 0. The highest BCUT2D eigenvalue weighted by Crippen LogP contribution is 2.52. The largest absolute Gasteiger partial charge is 0.208 e. The Bertz CT molecular complexity index is 2770. The standard InChI is InChI=1S/C53H42N4/c1-53(32-36-12-13-37(26-36)33-53)49-24-22-40(23-25-49)47-29-46(38-8-4-2-5-9-38)30-48(31-47)52-56-50(41-10-6-3-7-11-41)55-51(57-52)45-21-20-43-27-42(18-19-44(43)28-45)39-16-14-35(34-54)15-17-39/h2-11,14-25,27-31,36-37H,12-13,26,32-33H2,1H3/t36-,37?,53?/m1/s1. The van der Waals surface area contributed by atoms with Gasteiger partial charge in [0.25, 0.3) is 0 Å². The van der Waals surface area contributed by atoms with Gasteiger partial charge in [0.2, 0.25) is 0 Å². The topological polar surface area (TPSA) is 62.5 Å². The molecule has 2 aliphatic carbocycles. The molecule has 4 nitrogen and oxygen atoms in total. The molecular formula is C53H42N4. The van der Waals surface area contributed by atoms with E-state index in [0.29, 0.717) is 23.0 Å². The van der Waals surface area contributed by atoms with Crippen molar-refractivity contribution in [1.29, 1.82) is 5.26 Å². The van der Waals surface area contributed by atoms with Crippen LogP contribution in [0.25, 0.3) is 78.3 Å². The minimum Gasteiger partial charge on any atom is -0.208 e. The van der Waals surface area contributed by atoms with Gasteiger partial charge < -0.3 is 0 Å². The average molecular weight is 735 g/mol. The highest BCUT2D eigenvalue weighted by Gasteiger charge is 2.41. The van der Waals surface area contributed by atoms with E-state index < -0.39 is 0 Å². The van der Waals surface area contributed by atoms with Crippen molar-refractivity contribution in [2.24, 2.45) is 11.8 Å². The first kappa shape index (κ1) is 34.8. The molecule has 1 aromatic heterocycles. The second kappa shape index (κ2) is 14.4. The maximum Gasteiger partial charge on any atom is 0.164 e. The van der Waals surface area contributed by atoms with Crippen molar-refractivity contribution in [3.8, 4) is 73.6 Å². The monoisotopic (exact) mass is 734 g/mol. The van der Waals surface area contributed by atoms with Crippen molar-refractivity contribution in [1.82, 2.24) is 15.0 Å². The van der Waals surface area contributed by atoms with Gasteiger partial charge in [-0.1, -0.05) is 141 Å². The number of aromatic nitrogens is 3. The van der Waals surface area contributed by atoms with Gasteiger partial charge in [-0.15, -0.1) is 0 Å². The van der Waals surface area contributed by atoms with Crippen LogP contribution in [0.1, 0.15) is 50.2 Å². The van der Waals surface area contributed by atoms with E-state index in [0.717, 1.165) is 67.1 Å². The van der Waals surface area contributed by atoms with Gasteiger partial charge in [0.05, 0.1) is 11.6 Å². The fourth-order valence-corrected chi connectivity index (χ4v) is 9.58. The van der Waals surface area contributed by atoms with E-state index in [4.69, 9.17) is 15.0 Å². The van der Waals surface area contributed by atoms with Crippen LogP contribution in [0.4, 0.5) is 0 Å². The lowest BCUT2D eigenvalue weighted by atomic mass is 9.66. The Hall–Kier alpha value is -6.70. The third-order valence-corrected chi connectivity index (χ3v) is 12.5. The molecular weight excluding hydrogens is 693 g/mol. The zero-order valence-electron chi connectivity index (χ0n) is 32.1. The third-order valence-electron chi connectivity index (χ3n) is 12.5.